The summed E-state index contributed by atoms with van der Waals surface area (Å²) < 4.78 is 11.5. The van der Waals surface area contributed by atoms with Crippen molar-refractivity contribution in [1.29, 1.82) is 0 Å². The summed E-state index contributed by atoms with van der Waals surface area (Å²) in [5.74, 6) is -0.0845. The van der Waals surface area contributed by atoms with Crippen molar-refractivity contribution in [2.75, 3.05) is 0 Å². The molecule has 7 heteroatoms. The molecule has 0 spiro atoms. The van der Waals surface area contributed by atoms with Crippen molar-refractivity contribution in [1.82, 2.24) is 0 Å². The van der Waals surface area contributed by atoms with Crippen molar-refractivity contribution >= 4 is 11.9 Å². The number of aliphatic hydroxyl groups is 3. The molecule has 0 saturated carbocycles. The zero-order valence-corrected chi connectivity index (χ0v) is 25.6. The molecule has 0 aromatic heterocycles. The number of carbonyl (C=O) groups excluding carboxylic acids is 2. The molecule has 7 atom stereocenters. The smallest absolute Gasteiger partial charge is 0.331 e. The van der Waals surface area contributed by atoms with Gasteiger partial charge in [0.25, 0.3) is 0 Å². The van der Waals surface area contributed by atoms with Gasteiger partial charge in [-0.15, -0.1) is 0 Å². The highest BCUT2D eigenvalue weighted by molar-refractivity contribution is 5.82. The summed E-state index contributed by atoms with van der Waals surface area (Å²) in [5, 5.41) is 29.4. The highest BCUT2D eigenvalue weighted by Gasteiger charge is 2.23. The molecular formula is C34H52O7. The van der Waals surface area contributed by atoms with E-state index in [1.807, 2.05) is 31.2 Å². The second kappa shape index (κ2) is 18.1. The number of aliphatic hydroxyl groups excluding tert-OH is 3. The standard InChI is InChI=1S/C34H52O7/c1-23(2)31-13-7-6-11-25(4)32(14-9-15-33(38)40-31)41-34(39)19-18-28-17-16-27(22-28)12-8-10-24(3)20-29(36)30(37)21-26(5)35/h6-8,10,12,18-19,22-26,29-32,35-37H,9,11,13-17,20-21H2,1-5H3/b7-6+,10-8+,19-18+,27-12+. The fraction of sp³-hybridized carbons (Fsp3) is 0.647. The Balaban J connectivity index is 1.88. The largest absolute Gasteiger partial charge is 0.462 e. The molecule has 3 N–H and O–H groups in total. The molecule has 0 aromatic rings. The summed E-state index contributed by atoms with van der Waals surface area (Å²) in [6.45, 7) is 9.77. The first-order valence-electron chi connectivity index (χ1n) is 15.3. The van der Waals surface area contributed by atoms with Gasteiger partial charge in [-0.05, 0) is 74.3 Å². The van der Waals surface area contributed by atoms with Gasteiger partial charge in [0, 0.05) is 25.3 Å². The average Bonchev–Trinajstić information content (AvgIpc) is 3.34. The quantitative estimate of drug-likeness (QED) is 0.160. The molecule has 0 fully saturated rings. The Morgan fingerprint density at radius 1 is 1.05 bits per heavy atom. The summed E-state index contributed by atoms with van der Waals surface area (Å²) in [7, 11) is 0. The lowest BCUT2D eigenvalue weighted by atomic mass is 9.94. The van der Waals surface area contributed by atoms with E-state index < -0.39 is 18.3 Å². The normalized spacial score (nSPS) is 27.6. The second-order valence-electron chi connectivity index (χ2n) is 12.2. The van der Waals surface area contributed by atoms with Gasteiger partial charge < -0.3 is 24.8 Å². The Hall–Kier alpha value is -2.48. The van der Waals surface area contributed by atoms with Crippen LogP contribution in [0.15, 0.2) is 59.8 Å². The first kappa shape index (κ1) is 34.7. The van der Waals surface area contributed by atoms with Crippen LogP contribution >= 0.6 is 0 Å². The Morgan fingerprint density at radius 2 is 1.76 bits per heavy atom. The molecule has 0 aromatic carbocycles. The lowest BCUT2D eigenvalue weighted by molar-refractivity contribution is -0.151. The number of carbonyl (C=O) groups is 2. The molecule has 230 valence electrons. The lowest BCUT2D eigenvalue weighted by Crippen LogP contribution is -2.30. The Kier molecular flexibility index (Phi) is 15.4. The monoisotopic (exact) mass is 572 g/mol. The molecule has 1 aliphatic heterocycles. The van der Waals surface area contributed by atoms with E-state index in [0.29, 0.717) is 32.1 Å². The van der Waals surface area contributed by atoms with Crippen LogP contribution in [-0.4, -0.2) is 57.8 Å². The van der Waals surface area contributed by atoms with Crippen molar-refractivity contribution in [3.05, 3.63) is 59.8 Å². The zero-order valence-electron chi connectivity index (χ0n) is 25.6. The van der Waals surface area contributed by atoms with Gasteiger partial charge in [-0.2, -0.15) is 0 Å². The van der Waals surface area contributed by atoms with Crippen LogP contribution in [0.1, 0.15) is 92.4 Å². The van der Waals surface area contributed by atoms with E-state index in [1.165, 1.54) is 6.08 Å². The van der Waals surface area contributed by atoms with E-state index in [1.54, 1.807) is 6.92 Å². The zero-order chi connectivity index (χ0) is 30.4. The molecule has 1 aliphatic carbocycles. The highest BCUT2D eigenvalue weighted by Crippen LogP contribution is 2.26. The van der Waals surface area contributed by atoms with Crippen LogP contribution in [0.2, 0.25) is 0 Å². The van der Waals surface area contributed by atoms with Crippen LogP contribution in [0.3, 0.4) is 0 Å². The molecule has 0 radical (unpaired) electrons. The van der Waals surface area contributed by atoms with Gasteiger partial charge in [0.2, 0.25) is 0 Å². The summed E-state index contributed by atoms with van der Waals surface area (Å²) in [6, 6.07) is 0. The van der Waals surface area contributed by atoms with E-state index in [9.17, 15) is 24.9 Å². The molecule has 7 unspecified atom stereocenters. The first-order chi connectivity index (χ1) is 19.4. The minimum absolute atomic E-state index is 0.0706. The van der Waals surface area contributed by atoms with Crippen LogP contribution in [0, 0.1) is 17.8 Å². The third-order valence-corrected chi connectivity index (χ3v) is 7.74. The van der Waals surface area contributed by atoms with Crippen LogP contribution in [0.25, 0.3) is 0 Å². The third kappa shape index (κ3) is 13.8. The molecule has 2 rings (SSSR count). The topological polar surface area (TPSA) is 113 Å². The third-order valence-electron chi connectivity index (χ3n) is 7.74. The maximum absolute atomic E-state index is 12.7. The van der Waals surface area contributed by atoms with E-state index in [0.717, 1.165) is 30.4 Å². The predicted molar refractivity (Wildman–Crippen MR) is 162 cm³/mol. The van der Waals surface area contributed by atoms with Gasteiger partial charge in [-0.1, -0.05) is 70.2 Å². The average molecular weight is 573 g/mol. The summed E-state index contributed by atoms with van der Waals surface area (Å²) >= 11 is 0. The van der Waals surface area contributed by atoms with Gasteiger partial charge in [0.1, 0.15) is 12.2 Å². The van der Waals surface area contributed by atoms with Crippen LogP contribution in [0.4, 0.5) is 0 Å². The fourth-order valence-corrected chi connectivity index (χ4v) is 5.07. The van der Waals surface area contributed by atoms with Crippen LogP contribution in [0.5, 0.6) is 0 Å². The van der Waals surface area contributed by atoms with Gasteiger partial charge in [-0.25, -0.2) is 4.79 Å². The molecule has 2 aliphatic rings. The Bertz CT molecular complexity index is 972. The molecule has 0 saturated heterocycles. The number of hydrogen-bond donors (Lipinski definition) is 3. The molecule has 41 heavy (non-hydrogen) atoms. The molecular weight excluding hydrogens is 520 g/mol. The maximum atomic E-state index is 12.7. The van der Waals surface area contributed by atoms with Crippen molar-refractivity contribution < 1.29 is 34.4 Å². The number of rotatable bonds is 11. The molecule has 7 nitrogen and oxygen atoms in total. The Labute approximate surface area is 246 Å². The highest BCUT2D eigenvalue weighted by atomic mass is 16.5. The van der Waals surface area contributed by atoms with Gasteiger partial charge in [0.05, 0.1) is 18.3 Å². The molecule has 0 amide bonds. The van der Waals surface area contributed by atoms with Gasteiger partial charge >= 0.3 is 11.9 Å². The fourth-order valence-electron chi connectivity index (χ4n) is 5.07. The van der Waals surface area contributed by atoms with Crippen LogP contribution in [-0.2, 0) is 19.1 Å². The summed E-state index contributed by atoms with van der Waals surface area (Å²) in [5.41, 5.74) is 2.21. The van der Waals surface area contributed by atoms with Crippen molar-refractivity contribution in [3.63, 3.8) is 0 Å². The molecule has 0 bridgehead atoms. The number of ether oxygens (including phenoxy) is 2. The number of allylic oxidation sites excluding steroid dienone is 8. The van der Waals surface area contributed by atoms with E-state index >= 15 is 0 Å². The maximum Gasteiger partial charge on any atom is 0.331 e. The van der Waals surface area contributed by atoms with Crippen molar-refractivity contribution in [2.24, 2.45) is 17.8 Å². The number of cyclic esters (lactones) is 1. The number of esters is 2. The van der Waals surface area contributed by atoms with E-state index in [-0.39, 0.29) is 48.3 Å². The first-order valence-corrected chi connectivity index (χ1v) is 15.3. The summed E-state index contributed by atoms with van der Waals surface area (Å²) in [4.78, 5) is 25.0. The van der Waals surface area contributed by atoms with Crippen molar-refractivity contribution in [3.8, 4) is 0 Å². The van der Waals surface area contributed by atoms with Gasteiger partial charge in [0.15, 0.2) is 0 Å². The molecule has 1 heterocycles. The minimum atomic E-state index is -0.935. The number of hydrogen-bond acceptors (Lipinski definition) is 7. The van der Waals surface area contributed by atoms with Crippen LogP contribution < -0.4 is 0 Å². The minimum Gasteiger partial charge on any atom is -0.462 e. The lowest BCUT2D eigenvalue weighted by Gasteiger charge is -2.24. The second-order valence-corrected chi connectivity index (χ2v) is 12.2. The Morgan fingerprint density at radius 3 is 2.46 bits per heavy atom. The van der Waals surface area contributed by atoms with Gasteiger partial charge in [-0.3, -0.25) is 4.79 Å². The summed E-state index contributed by atoms with van der Waals surface area (Å²) in [6.07, 6.45) is 18.0. The van der Waals surface area contributed by atoms with E-state index in [4.69, 9.17) is 9.47 Å². The van der Waals surface area contributed by atoms with Crippen molar-refractivity contribution in [2.45, 2.75) is 123 Å². The predicted octanol–water partition coefficient (Wildman–Crippen LogP) is 5.90. The van der Waals surface area contributed by atoms with E-state index in [2.05, 4.69) is 39.0 Å². The SMILES string of the molecule is CC(O)CC(O)C(O)CC(C)/C=C/C=C1C=C(/C=C/C(=O)OC2CCCC(=O)OC(C(C)C)C/C=C/CC2C)CC/1.